The van der Waals surface area contributed by atoms with Gasteiger partial charge in [0.15, 0.2) is 0 Å². The molecule has 0 amide bonds. The van der Waals surface area contributed by atoms with Gasteiger partial charge in [-0.3, -0.25) is 4.68 Å². The Bertz CT molecular complexity index is 551. The minimum atomic E-state index is 0.0137. The molecule has 2 aromatic rings. The molecule has 7 heteroatoms. The lowest BCUT2D eigenvalue weighted by atomic mass is 10.1. The van der Waals surface area contributed by atoms with Crippen LogP contribution in [-0.4, -0.2) is 25.9 Å². The molecule has 0 spiro atoms. The molecule has 0 saturated heterocycles. The van der Waals surface area contributed by atoms with Gasteiger partial charge >= 0.3 is 0 Å². The quantitative estimate of drug-likeness (QED) is 0.853. The molecule has 1 atom stereocenters. The molecule has 5 nitrogen and oxygen atoms in total. The first-order valence-electron chi connectivity index (χ1n) is 6.98. The minimum absolute atomic E-state index is 0.0137. The summed E-state index contributed by atoms with van der Waals surface area (Å²) in [5.41, 5.74) is 2.03. The van der Waals surface area contributed by atoms with Gasteiger partial charge in [0.2, 0.25) is 0 Å². The van der Waals surface area contributed by atoms with Crippen LogP contribution in [0, 0.1) is 0 Å². The maximum absolute atomic E-state index is 6.35. The van der Waals surface area contributed by atoms with Crippen LogP contribution in [0.25, 0.3) is 0 Å². The van der Waals surface area contributed by atoms with Gasteiger partial charge in [-0.25, -0.2) is 0 Å². The largest absolute Gasteiger partial charge is 0.304 e. The zero-order valence-electron chi connectivity index (χ0n) is 12.1. The summed E-state index contributed by atoms with van der Waals surface area (Å²) in [6, 6.07) is 0.0137. The van der Waals surface area contributed by atoms with Gasteiger partial charge in [-0.05, 0) is 37.8 Å². The first-order valence-corrected chi connectivity index (χ1v) is 8.13. The molecule has 0 saturated carbocycles. The number of aromatic nitrogens is 4. The molecule has 1 N–H and O–H groups in total. The predicted molar refractivity (Wildman–Crippen MR) is 82.3 cm³/mol. The van der Waals surface area contributed by atoms with Crippen LogP contribution in [-0.2, 0) is 13.0 Å². The van der Waals surface area contributed by atoms with Crippen LogP contribution in [0.3, 0.4) is 0 Å². The van der Waals surface area contributed by atoms with Crippen molar-refractivity contribution in [3.05, 3.63) is 27.5 Å². The van der Waals surface area contributed by atoms with Crippen LogP contribution >= 0.6 is 23.1 Å². The average molecular weight is 314 g/mol. The monoisotopic (exact) mass is 313 g/mol. The standard InChI is InChI=1S/C13H20ClN5S/c1-4-7-15-11(13-10(5-2)17-18-20-13)12-9(14)8-16-19(12)6-3/h8,11,15H,4-7H2,1-3H3. The van der Waals surface area contributed by atoms with Crippen molar-refractivity contribution in [2.75, 3.05) is 6.54 Å². The highest BCUT2D eigenvalue weighted by Gasteiger charge is 2.25. The second-order valence-electron chi connectivity index (χ2n) is 4.52. The maximum atomic E-state index is 6.35. The van der Waals surface area contributed by atoms with E-state index in [4.69, 9.17) is 11.6 Å². The van der Waals surface area contributed by atoms with Crippen molar-refractivity contribution < 1.29 is 0 Å². The van der Waals surface area contributed by atoms with E-state index in [0.29, 0.717) is 5.02 Å². The van der Waals surface area contributed by atoms with Crippen molar-refractivity contribution >= 4 is 23.1 Å². The van der Waals surface area contributed by atoms with E-state index < -0.39 is 0 Å². The molecule has 0 fully saturated rings. The van der Waals surface area contributed by atoms with Crippen LogP contribution in [0.4, 0.5) is 0 Å². The number of nitrogens with zero attached hydrogens (tertiary/aromatic N) is 4. The van der Waals surface area contributed by atoms with Crippen LogP contribution in [0.15, 0.2) is 6.20 Å². The smallest absolute Gasteiger partial charge is 0.0892 e. The fraction of sp³-hybridized carbons (Fsp3) is 0.615. The van der Waals surface area contributed by atoms with E-state index in [1.807, 2.05) is 4.68 Å². The van der Waals surface area contributed by atoms with Crippen molar-refractivity contribution in [2.24, 2.45) is 0 Å². The van der Waals surface area contributed by atoms with Crippen molar-refractivity contribution in [1.82, 2.24) is 24.7 Å². The Labute approximate surface area is 128 Å². The Hall–Kier alpha value is -0.980. The molecule has 0 bridgehead atoms. The zero-order valence-corrected chi connectivity index (χ0v) is 13.6. The summed E-state index contributed by atoms with van der Waals surface area (Å²) < 4.78 is 6.04. The van der Waals surface area contributed by atoms with Gasteiger partial charge in [0.05, 0.1) is 33.5 Å². The van der Waals surface area contributed by atoms with Gasteiger partial charge in [0.25, 0.3) is 0 Å². The molecule has 2 heterocycles. The third kappa shape index (κ3) is 3.02. The van der Waals surface area contributed by atoms with Gasteiger partial charge in [-0.1, -0.05) is 29.9 Å². The molecule has 20 heavy (non-hydrogen) atoms. The molecule has 110 valence electrons. The van der Waals surface area contributed by atoms with Gasteiger partial charge < -0.3 is 5.32 Å². The zero-order chi connectivity index (χ0) is 14.5. The Morgan fingerprint density at radius 2 is 2.20 bits per heavy atom. The Morgan fingerprint density at radius 1 is 1.40 bits per heavy atom. The number of hydrogen-bond donors (Lipinski definition) is 1. The van der Waals surface area contributed by atoms with Gasteiger partial charge in [0, 0.05) is 6.54 Å². The van der Waals surface area contributed by atoms with E-state index in [1.165, 1.54) is 11.5 Å². The molecule has 1 unspecified atom stereocenters. The molecule has 0 aliphatic carbocycles. The molecule has 0 aliphatic rings. The van der Waals surface area contributed by atoms with E-state index in [0.717, 1.165) is 42.2 Å². The number of nitrogens with one attached hydrogen (secondary N) is 1. The van der Waals surface area contributed by atoms with Crippen LogP contribution < -0.4 is 5.32 Å². The fourth-order valence-electron chi connectivity index (χ4n) is 2.19. The summed E-state index contributed by atoms with van der Waals surface area (Å²) in [5.74, 6) is 0. The highest BCUT2D eigenvalue weighted by atomic mass is 35.5. The normalized spacial score (nSPS) is 12.8. The van der Waals surface area contributed by atoms with Crippen molar-refractivity contribution in [1.29, 1.82) is 0 Å². The lowest BCUT2D eigenvalue weighted by Crippen LogP contribution is -2.26. The SMILES string of the molecule is CCCNC(c1snnc1CC)c1c(Cl)cnn1CC. The molecular formula is C13H20ClN5S. The molecular weight excluding hydrogens is 294 g/mol. The summed E-state index contributed by atoms with van der Waals surface area (Å²) in [7, 11) is 0. The van der Waals surface area contributed by atoms with Gasteiger partial charge in [-0.15, -0.1) is 5.10 Å². The van der Waals surface area contributed by atoms with E-state index >= 15 is 0 Å². The molecule has 0 radical (unpaired) electrons. The second-order valence-corrected chi connectivity index (χ2v) is 5.71. The van der Waals surface area contributed by atoms with Crippen LogP contribution in [0.2, 0.25) is 5.02 Å². The van der Waals surface area contributed by atoms with Gasteiger partial charge in [0.1, 0.15) is 0 Å². The lowest BCUT2D eigenvalue weighted by Gasteiger charge is -2.19. The maximum Gasteiger partial charge on any atom is 0.0892 e. The topological polar surface area (TPSA) is 55.6 Å². The lowest BCUT2D eigenvalue weighted by molar-refractivity contribution is 0.532. The predicted octanol–water partition coefficient (Wildman–Crippen LogP) is 3.06. The van der Waals surface area contributed by atoms with Gasteiger partial charge in [-0.2, -0.15) is 5.10 Å². The number of aryl methyl sites for hydroxylation is 2. The first-order chi connectivity index (χ1) is 9.72. The third-order valence-electron chi connectivity index (χ3n) is 3.19. The Kier molecular flexibility index (Phi) is 5.51. The van der Waals surface area contributed by atoms with Crippen molar-refractivity contribution in [3.8, 4) is 0 Å². The van der Waals surface area contributed by atoms with Crippen molar-refractivity contribution in [3.63, 3.8) is 0 Å². The number of halogens is 1. The van der Waals surface area contributed by atoms with Crippen molar-refractivity contribution in [2.45, 2.75) is 46.2 Å². The minimum Gasteiger partial charge on any atom is -0.304 e. The molecule has 0 aromatic carbocycles. The highest BCUT2D eigenvalue weighted by molar-refractivity contribution is 7.05. The van der Waals surface area contributed by atoms with E-state index in [9.17, 15) is 0 Å². The van der Waals surface area contributed by atoms with Crippen LogP contribution in [0.1, 0.15) is 49.5 Å². The average Bonchev–Trinajstić information content (AvgIpc) is 3.07. The number of hydrogen-bond acceptors (Lipinski definition) is 5. The highest BCUT2D eigenvalue weighted by Crippen LogP contribution is 2.31. The summed E-state index contributed by atoms with van der Waals surface area (Å²) in [4.78, 5) is 1.14. The molecule has 0 aliphatic heterocycles. The Morgan fingerprint density at radius 3 is 2.85 bits per heavy atom. The molecule has 2 rings (SSSR count). The van der Waals surface area contributed by atoms with E-state index in [1.54, 1.807) is 6.20 Å². The third-order valence-corrected chi connectivity index (χ3v) is 4.31. The fourth-order valence-corrected chi connectivity index (χ4v) is 3.26. The Balaban J connectivity index is 2.44. The molecule has 2 aromatic heterocycles. The van der Waals surface area contributed by atoms with E-state index in [-0.39, 0.29) is 6.04 Å². The van der Waals surface area contributed by atoms with E-state index in [2.05, 4.69) is 40.8 Å². The summed E-state index contributed by atoms with van der Waals surface area (Å²) >= 11 is 7.79. The summed E-state index contributed by atoms with van der Waals surface area (Å²) in [6.45, 7) is 8.01. The summed E-state index contributed by atoms with van der Waals surface area (Å²) in [6.07, 6.45) is 3.64. The number of rotatable bonds is 7. The summed E-state index contributed by atoms with van der Waals surface area (Å²) in [5, 5.41) is 12.8. The second kappa shape index (κ2) is 7.15. The first kappa shape index (κ1) is 15.4. The van der Waals surface area contributed by atoms with Crippen LogP contribution in [0.5, 0.6) is 0 Å².